The Morgan fingerprint density at radius 2 is 2.08 bits per heavy atom. The molecule has 5 nitrogen and oxygen atoms in total. The minimum atomic E-state index is -0.0876. The molecule has 2 aromatic rings. The Hall–Kier alpha value is -2.56. The molecular weight excluding hydrogens is 302 g/mol. The Balaban J connectivity index is 1.64. The molecule has 1 aromatic carbocycles. The first-order chi connectivity index (χ1) is 11.6. The summed E-state index contributed by atoms with van der Waals surface area (Å²) >= 11 is 0. The van der Waals surface area contributed by atoms with E-state index in [1.165, 1.54) is 10.5 Å². The van der Waals surface area contributed by atoms with E-state index in [2.05, 4.69) is 22.4 Å². The van der Waals surface area contributed by atoms with Crippen LogP contribution >= 0.6 is 0 Å². The highest BCUT2D eigenvalue weighted by molar-refractivity contribution is 5.92. The standard InChI is InChI=1S/C19H23N3O2/c1-22(2)19(23)16-7-5-9-18(21-16)20-13-14-10-11-24-17-8-4-3-6-15(17)12-14/h3-9,14H,10-13H2,1-2H3,(H,20,21). The first kappa shape index (κ1) is 16.3. The number of hydrogen-bond donors (Lipinski definition) is 1. The fourth-order valence-electron chi connectivity index (χ4n) is 2.87. The van der Waals surface area contributed by atoms with Crippen LogP contribution in [0.15, 0.2) is 42.5 Å². The number of ether oxygens (including phenoxy) is 1. The third-order valence-electron chi connectivity index (χ3n) is 4.21. The van der Waals surface area contributed by atoms with Gasteiger partial charge in [-0.25, -0.2) is 4.98 Å². The Morgan fingerprint density at radius 1 is 1.25 bits per heavy atom. The van der Waals surface area contributed by atoms with Gasteiger partial charge in [-0.3, -0.25) is 4.79 Å². The van der Waals surface area contributed by atoms with Crippen molar-refractivity contribution >= 4 is 11.7 Å². The van der Waals surface area contributed by atoms with Gasteiger partial charge in [0.05, 0.1) is 6.61 Å². The predicted octanol–water partition coefficient (Wildman–Crippen LogP) is 2.84. The van der Waals surface area contributed by atoms with Crippen molar-refractivity contribution in [3.63, 3.8) is 0 Å². The molecule has 0 bridgehead atoms. The maximum atomic E-state index is 12.0. The van der Waals surface area contributed by atoms with Crippen LogP contribution in [0.1, 0.15) is 22.5 Å². The Kier molecular flexibility index (Phi) is 4.99. The van der Waals surface area contributed by atoms with Gasteiger partial charge in [-0.05, 0) is 42.5 Å². The van der Waals surface area contributed by atoms with Crippen LogP contribution in [0.4, 0.5) is 5.82 Å². The van der Waals surface area contributed by atoms with Crippen molar-refractivity contribution in [2.45, 2.75) is 12.8 Å². The molecule has 3 rings (SSSR count). The van der Waals surface area contributed by atoms with Gasteiger partial charge in [0.15, 0.2) is 0 Å². The number of benzene rings is 1. The fraction of sp³-hybridized carbons (Fsp3) is 0.368. The molecule has 1 atom stereocenters. The summed E-state index contributed by atoms with van der Waals surface area (Å²) in [5, 5.41) is 3.37. The van der Waals surface area contributed by atoms with E-state index in [0.717, 1.165) is 37.6 Å². The molecule has 0 fully saturated rings. The van der Waals surface area contributed by atoms with Crippen LogP contribution < -0.4 is 10.1 Å². The van der Waals surface area contributed by atoms with Crippen LogP contribution in [-0.2, 0) is 6.42 Å². The Bertz CT molecular complexity index is 715. The SMILES string of the molecule is CN(C)C(=O)c1cccc(NCC2CCOc3ccccc3C2)n1. The van der Waals surface area contributed by atoms with Crippen LogP contribution in [0.25, 0.3) is 0 Å². The number of carbonyl (C=O) groups is 1. The maximum Gasteiger partial charge on any atom is 0.272 e. The summed E-state index contributed by atoms with van der Waals surface area (Å²) in [6, 6.07) is 13.7. The minimum Gasteiger partial charge on any atom is -0.493 e. The van der Waals surface area contributed by atoms with E-state index in [4.69, 9.17) is 4.74 Å². The zero-order valence-corrected chi connectivity index (χ0v) is 14.2. The van der Waals surface area contributed by atoms with Crippen LogP contribution in [0.2, 0.25) is 0 Å². The quantitative estimate of drug-likeness (QED) is 0.939. The minimum absolute atomic E-state index is 0.0876. The third kappa shape index (κ3) is 3.85. The number of nitrogens with one attached hydrogen (secondary N) is 1. The molecule has 2 heterocycles. The zero-order chi connectivity index (χ0) is 16.9. The monoisotopic (exact) mass is 325 g/mol. The van der Waals surface area contributed by atoms with Gasteiger partial charge >= 0.3 is 0 Å². The van der Waals surface area contributed by atoms with Crippen molar-refractivity contribution in [2.24, 2.45) is 5.92 Å². The average Bonchev–Trinajstić information content (AvgIpc) is 2.81. The lowest BCUT2D eigenvalue weighted by Crippen LogP contribution is -2.23. The number of para-hydroxylation sites is 1. The third-order valence-corrected chi connectivity index (χ3v) is 4.21. The summed E-state index contributed by atoms with van der Waals surface area (Å²) in [7, 11) is 3.46. The molecule has 0 spiro atoms. The lowest BCUT2D eigenvalue weighted by Gasteiger charge is -2.16. The van der Waals surface area contributed by atoms with Gasteiger partial charge in [0.2, 0.25) is 0 Å². The lowest BCUT2D eigenvalue weighted by molar-refractivity contribution is 0.0822. The summed E-state index contributed by atoms with van der Waals surface area (Å²) in [5.74, 6) is 2.12. The van der Waals surface area contributed by atoms with Crippen molar-refractivity contribution in [1.82, 2.24) is 9.88 Å². The number of fused-ring (bicyclic) bond motifs is 1. The van der Waals surface area contributed by atoms with Gasteiger partial charge in [0.25, 0.3) is 5.91 Å². The molecule has 1 aliphatic rings. The van der Waals surface area contributed by atoms with Gasteiger partial charge in [-0.1, -0.05) is 24.3 Å². The van der Waals surface area contributed by atoms with Crippen molar-refractivity contribution in [1.29, 1.82) is 0 Å². The molecule has 24 heavy (non-hydrogen) atoms. The molecule has 0 radical (unpaired) electrons. The molecule has 0 aliphatic carbocycles. The maximum absolute atomic E-state index is 12.0. The molecule has 1 amide bonds. The molecule has 1 unspecified atom stereocenters. The first-order valence-corrected chi connectivity index (χ1v) is 8.27. The van der Waals surface area contributed by atoms with Gasteiger partial charge in [-0.15, -0.1) is 0 Å². The number of nitrogens with zero attached hydrogens (tertiary/aromatic N) is 2. The highest BCUT2D eigenvalue weighted by Crippen LogP contribution is 2.26. The topological polar surface area (TPSA) is 54.5 Å². The van der Waals surface area contributed by atoms with Gasteiger partial charge < -0.3 is 15.0 Å². The first-order valence-electron chi connectivity index (χ1n) is 8.27. The molecule has 1 N–H and O–H groups in total. The number of hydrogen-bond acceptors (Lipinski definition) is 4. The van der Waals surface area contributed by atoms with Crippen LogP contribution in [-0.4, -0.2) is 43.0 Å². The second-order valence-electron chi connectivity index (χ2n) is 6.30. The largest absolute Gasteiger partial charge is 0.493 e. The molecule has 1 aliphatic heterocycles. The molecular formula is C19H23N3O2. The Morgan fingerprint density at radius 3 is 2.92 bits per heavy atom. The number of carbonyl (C=O) groups excluding carboxylic acids is 1. The smallest absolute Gasteiger partial charge is 0.272 e. The summed E-state index contributed by atoms with van der Waals surface area (Å²) < 4.78 is 5.81. The Labute approximate surface area is 142 Å². The van der Waals surface area contributed by atoms with E-state index >= 15 is 0 Å². The second kappa shape index (κ2) is 7.34. The highest BCUT2D eigenvalue weighted by Gasteiger charge is 2.17. The summed E-state index contributed by atoms with van der Waals surface area (Å²) in [5.41, 5.74) is 1.71. The van der Waals surface area contributed by atoms with Crippen molar-refractivity contribution in [2.75, 3.05) is 32.6 Å². The lowest BCUT2D eigenvalue weighted by atomic mass is 9.97. The van der Waals surface area contributed by atoms with E-state index < -0.39 is 0 Å². The average molecular weight is 325 g/mol. The van der Waals surface area contributed by atoms with E-state index in [0.29, 0.717) is 11.6 Å². The van der Waals surface area contributed by atoms with E-state index in [1.807, 2.05) is 24.3 Å². The number of anilines is 1. The van der Waals surface area contributed by atoms with Gasteiger partial charge in [0, 0.05) is 20.6 Å². The zero-order valence-electron chi connectivity index (χ0n) is 14.2. The van der Waals surface area contributed by atoms with Crippen LogP contribution in [0.5, 0.6) is 5.75 Å². The van der Waals surface area contributed by atoms with Crippen molar-refractivity contribution < 1.29 is 9.53 Å². The summed E-state index contributed by atoms with van der Waals surface area (Å²) in [6.45, 7) is 1.54. The predicted molar refractivity (Wildman–Crippen MR) is 94.5 cm³/mol. The highest BCUT2D eigenvalue weighted by atomic mass is 16.5. The van der Waals surface area contributed by atoms with E-state index in [9.17, 15) is 4.79 Å². The molecule has 0 saturated heterocycles. The number of amides is 1. The van der Waals surface area contributed by atoms with Gasteiger partial charge in [-0.2, -0.15) is 0 Å². The molecule has 5 heteroatoms. The molecule has 126 valence electrons. The normalized spacial score (nSPS) is 16.5. The summed E-state index contributed by atoms with van der Waals surface area (Å²) in [4.78, 5) is 18.0. The number of rotatable bonds is 4. The van der Waals surface area contributed by atoms with Crippen molar-refractivity contribution in [3.8, 4) is 5.75 Å². The fourth-order valence-corrected chi connectivity index (χ4v) is 2.87. The number of pyridine rings is 1. The molecule has 0 saturated carbocycles. The van der Waals surface area contributed by atoms with E-state index in [1.54, 1.807) is 20.2 Å². The van der Waals surface area contributed by atoms with E-state index in [-0.39, 0.29) is 5.91 Å². The van der Waals surface area contributed by atoms with Crippen molar-refractivity contribution in [3.05, 3.63) is 53.7 Å². The molecule has 1 aromatic heterocycles. The van der Waals surface area contributed by atoms with Crippen LogP contribution in [0, 0.1) is 5.92 Å². The summed E-state index contributed by atoms with van der Waals surface area (Å²) in [6.07, 6.45) is 1.98. The van der Waals surface area contributed by atoms with Gasteiger partial charge in [0.1, 0.15) is 17.3 Å². The number of aromatic nitrogens is 1. The van der Waals surface area contributed by atoms with Crippen LogP contribution in [0.3, 0.4) is 0 Å². The second-order valence-corrected chi connectivity index (χ2v) is 6.30.